The molecule has 0 heterocycles. The molecular formula is C28H34Cl2SiZr. The van der Waals surface area contributed by atoms with Crippen molar-refractivity contribution >= 4 is 11.5 Å². The topological polar surface area (TPSA) is 0 Å². The van der Waals surface area contributed by atoms with Gasteiger partial charge in [0, 0.05) is 0 Å². The van der Waals surface area contributed by atoms with E-state index in [9.17, 15) is 0 Å². The molecule has 0 saturated carbocycles. The zero-order valence-electron chi connectivity index (χ0n) is 20.5. The van der Waals surface area contributed by atoms with Gasteiger partial charge in [-0.3, -0.25) is 0 Å². The van der Waals surface area contributed by atoms with Crippen LogP contribution in [0.4, 0.5) is 0 Å². The summed E-state index contributed by atoms with van der Waals surface area (Å²) in [5, 5.41) is 0. The summed E-state index contributed by atoms with van der Waals surface area (Å²) in [6, 6.07) is 15.9. The third-order valence-corrected chi connectivity index (χ3v) is 26.5. The zero-order valence-corrected chi connectivity index (χ0v) is 25.5. The molecule has 0 aromatic heterocycles. The maximum Gasteiger partial charge on any atom is -1.00 e. The fourth-order valence-corrected chi connectivity index (χ4v) is 26.2. The third kappa shape index (κ3) is 4.50. The summed E-state index contributed by atoms with van der Waals surface area (Å²) >= 11 is -1.91. The van der Waals surface area contributed by atoms with E-state index in [1.54, 1.807) is 27.9 Å². The summed E-state index contributed by atoms with van der Waals surface area (Å²) < 4.78 is 2.62. The normalized spacial score (nSPS) is 19.0. The van der Waals surface area contributed by atoms with E-state index < -0.39 is 20.4 Å². The number of hydrogen-bond acceptors (Lipinski definition) is 0. The van der Waals surface area contributed by atoms with Gasteiger partial charge in [-0.1, -0.05) is 0 Å². The van der Waals surface area contributed by atoms with Gasteiger partial charge >= 0.3 is 192 Å². The Bertz CT molecular complexity index is 1170. The largest absolute Gasteiger partial charge is 1.00 e. The van der Waals surface area contributed by atoms with Crippen molar-refractivity contribution in [2.45, 2.75) is 58.3 Å². The first-order valence-corrected chi connectivity index (χ1v) is 20.0. The van der Waals surface area contributed by atoms with Crippen molar-refractivity contribution in [2.75, 3.05) is 0 Å². The predicted molar refractivity (Wildman–Crippen MR) is 131 cm³/mol. The molecule has 32 heavy (non-hydrogen) atoms. The van der Waals surface area contributed by atoms with Gasteiger partial charge in [0.15, 0.2) is 0 Å². The molecule has 4 heteroatoms. The van der Waals surface area contributed by atoms with Gasteiger partial charge in [0.05, 0.1) is 0 Å². The van der Waals surface area contributed by atoms with Crippen LogP contribution in [0, 0.1) is 12.8 Å². The summed E-state index contributed by atoms with van der Waals surface area (Å²) in [4.78, 5) is 0. The first-order chi connectivity index (χ1) is 14.2. The quantitative estimate of drug-likeness (QED) is 0.506. The summed E-state index contributed by atoms with van der Waals surface area (Å²) in [6.45, 7) is 19.5. The molecule has 2 unspecified atom stereocenters. The monoisotopic (exact) mass is 558 g/mol. The van der Waals surface area contributed by atoms with Crippen LogP contribution in [-0.2, 0) is 20.4 Å². The number of aryl methyl sites for hydroxylation is 1. The summed E-state index contributed by atoms with van der Waals surface area (Å²) in [5.41, 5.74) is 13.5. The molecule has 0 amide bonds. The van der Waals surface area contributed by atoms with Crippen molar-refractivity contribution in [1.29, 1.82) is 0 Å². The molecule has 0 aliphatic heterocycles. The van der Waals surface area contributed by atoms with Gasteiger partial charge in [0.2, 0.25) is 0 Å². The van der Waals surface area contributed by atoms with Crippen molar-refractivity contribution in [1.82, 2.24) is 0 Å². The second-order valence-corrected chi connectivity index (χ2v) is 26.8. The average Bonchev–Trinajstić information content (AvgIpc) is 3.13. The molecule has 0 spiro atoms. The van der Waals surface area contributed by atoms with E-state index in [1.165, 1.54) is 22.3 Å². The smallest absolute Gasteiger partial charge is 1.00 e. The van der Waals surface area contributed by atoms with Crippen LogP contribution in [0.25, 0.3) is 17.2 Å². The maximum atomic E-state index is 2.60. The standard InChI is InChI=1S/C17H15.C9H13.C2H6Si.2ClH.Zr/c1-12-10-15-9-8-13(2)17(16(15)11-12)14-6-4-3-5-7-14;1-6-5-7(2)9(4)8(6)3;1-3-2;;;/h3-11H,1-2H3;6H,1-4H3;1-2H3;2*1H;/q;;;;;+2/p-2. The molecule has 168 valence electrons. The van der Waals surface area contributed by atoms with Crippen molar-refractivity contribution < 1.29 is 45.2 Å². The number of allylic oxidation sites excluding steroid dienone is 5. The molecule has 0 bridgehead atoms. The van der Waals surface area contributed by atoms with Gasteiger partial charge < -0.3 is 24.8 Å². The van der Waals surface area contributed by atoms with Crippen LogP contribution >= 0.6 is 0 Å². The summed E-state index contributed by atoms with van der Waals surface area (Å²) in [5.74, 6) is 0.662. The van der Waals surface area contributed by atoms with Crippen molar-refractivity contribution in [3.63, 3.8) is 0 Å². The number of hydrogen-bond donors (Lipinski definition) is 0. The third-order valence-electron chi connectivity index (χ3n) is 7.45. The van der Waals surface area contributed by atoms with Gasteiger partial charge in [0.25, 0.3) is 0 Å². The Morgan fingerprint density at radius 3 is 1.97 bits per heavy atom. The SMILES string of the molecule is CC1=Cc2c(ccc(C)c2-c2ccccc2)[CH]1[Zr+2]([C]1=C(C)C(C)=C(C)C1C)=[Si](C)C.[Cl-].[Cl-]. The Kier molecular flexibility index (Phi) is 9.25. The molecule has 0 fully saturated rings. The van der Waals surface area contributed by atoms with Crippen molar-refractivity contribution in [3.05, 3.63) is 84.7 Å². The summed E-state index contributed by atoms with van der Waals surface area (Å²) in [6.07, 6.45) is 2.54. The average molecular weight is 561 g/mol. The van der Waals surface area contributed by atoms with Gasteiger partial charge in [0.1, 0.15) is 0 Å². The number of halogens is 2. The fourth-order valence-electron chi connectivity index (χ4n) is 5.59. The van der Waals surface area contributed by atoms with E-state index in [0.717, 1.165) is 0 Å². The Hall–Kier alpha value is -0.660. The molecular weight excluding hydrogens is 527 g/mol. The van der Waals surface area contributed by atoms with E-state index in [1.807, 2.05) is 3.28 Å². The van der Waals surface area contributed by atoms with Gasteiger partial charge in [-0.15, -0.1) is 0 Å². The van der Waals surface area contributed by atoms with Crippen LogP contribution in [0.3, 0.4) is 0 Å². The molecule has 2 aliphatic rings. The Balaban J connectivity index is 0.00000181. The van der Waals surface area contributed by atoms with Crippen LogP contribution in [0.5, 0.6) is 0 Å². The molecule has 0 radical (unpaired) electrons. The minimum absolute atomic E-state index is 0. The maximum absolute atomic E-state index is 2.60. The molecule has 2 aliphatic carbocycles. The predicted octanol–water partition coefficient (Wildman–Crippen LogP) is 2.26. The van der Waals surface area contributed by atoms with Crippen molar-refractivity contribution in [2.24, 2.45) is 5.92 Å². The molecule has 2 atom stereocenters. The molecule has 2 aromatic rings. The molecule has 0 saturated heterocycles. The minimum atomic E-state index is -1.91. The van der Waals surface area contributed by atoms with Crippen molar-refractivity contribution in [3.8, 4) is 11.1 Å². The number of fused-ring (bicyclic) bond motifs is 1. The van der Waals surface area contributed by atoms with Crippen LogP contribution < -0.4 is 24.8 Å². The Labute approximate surface area is 215 Å². The number of benzene rings is 2. The van der Waals surface area contributed by atoms with Crippen LogP contribution in [0.2, 0.25) is 13.1 Å². The van der Waals surface area contributed by atoms with Crippen LogP contribution in [-0.4, -0.2) is 5.43 Å². The van der Waals surface area contributed by atoms with E-state index in [2.05, 4.69) is 103 Å². The van der Waals surface area contributed by atoms with E-state index in [4.69, 9.17) is 0 Å². The minimum Gasteiger partial charge on any atom is -1.00 e. The van der Waals surface area contributed by atoms with E-state index >= 15 is 0 Å². The van der Waals surface area contributed by atoms with Gasteiger partial charge in [-0.25, -0.2) is 0 Å². The molecule has 2 aromatic carbocycles. The second kappa shape index (κ2) is 10.7. The van der Waals surface area contributed by atoms with Gasteiger partial charge in [-0.05, 0) is 0 Å². The Morgan fingerprint density at radius 1 is 0.812 bits per heavy atom. The molecule has 0 N–H and O–H groups in total. The van der Waals surface area contributed by atoms with E-state index in [0.29, 0.717) is 9.54 Å². The summed E-state index contributed by atoms with van der Waals surface area (Å²) in [7, 11) is 0. The van der Waals surface area contributed by atoms with Crippen LogP contribution in [0.15, 0.2) is 68.0 Å². The first-order valence-electron chi connectivity index (χ1n) is 11.2. The zero-order chi connectivity index (χ0) is 21.7. The number of rotatable bonds is 3. The van der Waals surface area contributed by atoms with Crippen LogP contribution in [0.1, 0.15) is 54.9 Å². The van der Waals surface area contributed by atoms with E-state index in [-0.39, 0.29) is 30.2 Å². The molecule has 4 rings (SSSR count). The molecule has 0 nitrogen and oxygen atoms in total. The Morgan fingerprint density at radius 2 is 1.44 bits per heavy atom. The fraction of sp³-hybridized carbons (Fsp3) is 0.357. The van der Waals surface area contributed by atoms with Gasteiger partial charge in [-0.2, -0.15) is 0 Å². The second-order valence-electron chi connectivity index (χ2n) is 9.43. The first kappa shape index (κ1) is 27.6.